The van der Waals surface area contributed by atoms with E-state index in [2.05, 4.69) is 27.4 Å². The van der Waals surface area contributed by atoms with Crippen molar-refractivity contribution in [2.45, 2.75) is 50.9 Å². The number of anilines is 1. The minimum atomic E-state index is -1.28. The molecule has 0 unspecified atom stereocenters. The molecule has 2 saturated heterocycles. The highest BCUT2D eigenvalue weighted by Gasteiger charge is 2.35. The molecule has 1 saturated carbocycles. The van der Waals surface area contributed by atoms with Crippen molar-refractivity contribution in [3.8, 4) is 0 Å². The molecule has 2 aromatic heterocycles. The topological polar surface area (TPSA) is 70.0 Å². The van der Waals surface area contributed by atoms with Crippen molar-refractivity contribution >= 4 is 23.1 Å². The maximum Gasteiger partial charge on any atom is 0.328 e. The van der Waals surface area contributed by atoms with Crippen molar-refractivity contribution in [2.75, 3.05) is 31.1 Å². The number of amides is 3. The highest BCUT2D eigenvalue weighted by atomic mass is 19.2. The number of carbonyl (C=O) groups excluding carboxylic acids is 2. The van der Waals surface area contributed by atoms with E-state index >= 15 is 0 Å². The number of urea groups is 1. The summed E-state index contributed by atoms with van der Waals surface area (Å²) in [6.45, 7) is 3.09. The molecule has 3 fully saturated rings. The van der Waals surface area contributed by atoms with Crippen LogP contribution in [-0.4, -0.2) is 65.0 Å². The molecule has 9 heteroatoms. The molecule has 0 spiro atoms. The number of halogens is 2. The largest absolute Gasteiger partial charge is 0.328 e. The van der Waals surface area contributed by atoms with Gasteiger partial charge in [0.1, 0.15) is 12.3 Å². The van der Waals surface area contributed by atoms with Gasteiger partial charge in [0.05, 0.1) is 17.4 Å². The molecule has 172 valence electrons. The van der Waals surface area contributed by atoms with E-state index in [0.29, 0.717) is 31.0 Å². The van der Waals surface area contributed by atoms with Crippen LogP contribution >= 0.6 is 0 Å². The SMILES string of the molecule is O=C1CCN(c2cnn3ccc(CC4CCN(C[C@H]5C[C@@H](F)[C@@H](F)C5)CC4)cc23)C(=O)N1. The summed E-state index contributed by atoms with van der Waals surface area (Å²) in [6.07, 6.45) is 5.10. The number of hydrogen-bond acceptors (Lipinski definition) is 4. The summed E-state index contributed by atoms with van der Waals surface area (Å²) < 4.78 is 28.7. The van der Waals surface area contributed by atoms with Gasteiger partial charge in [-0.25, -0.2) is 18.1 Å². The van der Waals surface area contributed by atoms with Gasteiger partial charge in [-0.1, -0.05) is 0 Å². The third kappa shape index (κ3) is 4.35. The van der Waals surface area contributed by atoms with Crippen molar-refractivity contribution < 1.29 is 18.4 Å². The summed E-state index contributed by atoms with van der Waals surface area (Å²) in [7, 11) is 0. The summed E-state index contributed by atoms with van der Waals surface area (Å²) in [6, 6.07) is 3.74. The number of aromatic nitrogens is 2. The molecule has 1 aliphatic carbocycles. The number of nitrogens with zero attached hydrogens (tertiary/aromatic N) is 4. The first kappa shape index (κ1) is 21.3. The van der Waals surface area contributed by atoms with Crippen LogP contribution in [0.5, 0.6) is 0 Å². The van der Waals surface area contributed by atoms with Crippen LogP contribution in [0.2, 0.25) is 0 Å². The molecule has 3 aliphatic rings. The quantitative estimate of drug-likeness (QED) is 0.768. The number of alkyl halides is 2. The lowest BCUT2D eigenvalue weighted by Crippen LogP contribution is -2.49. The number of nitrogens with one attached hydrogen (secondary N) is 1. The number of imide groups is 1. The number of carbonyl (C=O) groups is 2. The van der Waals surface area contributed by atoms with Gasteiger partial charge in [-0.3, -0.25) is 15.0 Å². The number of fused-ring (bicyclic) bond motifs is 1. The lowest BCUT2D eigenvalue weighted by atomic mass is 9.90. The second-order valence-corrected chi connectivity index (χ2v) is 9.47. The standard InChI is InChI=1S/C23H29F2N5O2/c24-18-10-17(11-19(18)25)14-28-5-1-15(2-6-28)9-16-3-8-30-20(12-16)21(13-26-30)29-7-4-22(31)27-23(29)32/h3,8,12-13,15,17-19H,1-2,4-7,9-11,14H2,(H,27,31,32)/t17-,18+,19-. The van der Waals surface area contributed by atoms with Crippen molar-refractivity contribution in [1.29, 1.82) is 0 Å². The zero-order valence-corrected chi connectivity index (χ0v) is 18.1. The van der Waals surface area contributed by atoms with Gasteiger partial charge < -0.3 is 4.90 Å². The number of piperidine rings is 1. The van der Waals surface area contributed by atoms with E-state index in [1.807, 2.05) is 6.20 Å². The first-order valence-electron chi connectivity index (χ1n) is 11.5. The van der Waals surface area contributed by atoms with Gasteiger partial charge in [-0.15, -0.1) is 0 Å². The molecule has 2 aromatic rings. The molecule has 0 radical (unpaired) electrons. The fourth-order valence-corrected chi connectivity index (χ4v) is 5.39. The third-order valence-corrected chi connectivity index (χ3v) is 7.17. The molecule has 0 aromatic carbocycles. The Labute approximate surface area is 185 Å². The van der Waals surface area contributed by atoms with Crippen LogP contribution < -0.4 is 10.2 Å². The van der Waals surface area contributed by atoms with Crippen LogP contribution in [0.25, 0.3) is 5.52 Å². The first-order chi connectivity index (χ1) is 15.5. The Morgan fingerprint density at radius 2 is 1.81 bits per heavy atom. The zero-order chi connectivity index (χ0) is 22.2. The van der Waals surface area contributed by atoms with Gasteiger partial charge in [0.15, 0.2) is 0 Å². The molecule has 5 rings (SSSR count). The Bertz CT molecular complexity index is 993. The Morgan fingerprint density at radius 1 is 1.06 bits per heavy atom. The fraction of sp³-hybridized carbons (Fsp3) is 0.609. The Kier molecular flexibility index (Phi) is 5.84. The summed E-state index contributed by atoms with van der Waals surface area (Å²) in [5.74, 6) is 0.445. The van der Waals surface area contributed by atoms with Crippen molar-refractivity contribution in [3.63, 3.8) is 0 Å². The smallest absolute Gasteiger partial charge is 0.303 e. The molecular weight excluding hydrogens is 416 g/mol. The monoisotopic (exact) mass is 445 g/mol. The minimum Gasteiger partial charge on any atom is -0.303 e. The van der Waals surface area contributed by atoms with Crippen molar-refractivity contribution in [1.82, 2.24) is 19.8 Å². The zero-order valence-electron chi connectivity index (χ0n) is 18.1. The first-order valence-corrected chi connectivity index (χ1v) is 11.5. The average Bonchev–Trinajstić information content (AvgIpc) is 3.32. The maximum absolute atomic E-state index is 13.5. The van der Waals surface area contributed by atoms with Crippen molar-refractivity contribution in [2.24, 2.45) is 11.8 Å². The van der Waals surface area contributed by atoms with E-state index in [-0.39, 0.29) is 18.2 Å². The van der Waals surface area contributed by atoms with E-state index in [1.54, 1.807) is 15.6 Å². The lowest BCUT2D eigenvalue weighted by Gasteiger charge is -2.33. The second-order valence-electron chi connectivity index (χ2n) is 9.47. The third-order valence-electron chi connectivity index (χ3n) is 7.17. The molecule has 7 nitrogen and oxygen atoms in total. The molecule has 2 aliphatic heterocycles. The van der Waals surface area contributed by atoms with E-state index in [9.17, 15) is 18.4 Å². The second kappa shape index (κ2) is 8.77. The maximum atomic E-state index is 13.5. The summed E-state index contributed by atoms with van der Waals surface area (Å²) in [5.41, 5.74) is 2.76. The van der Waals surface area contributed by atoms with Crippen LogP contribution in [0.4, 0.5) is 19.3 Å². The van der Waals surface area contributed by atoms with Gasteiger partial charge in [0, 0.05) is 25.7 Å². The molecule has 1 N–H and O–H groups in total. The average molecular weight is 446 g/mol. The highest BCUT2D eigenvalue weighted by molar-refractivity contribution is 6.07. The van der Waals surface area contributed by atoms with Crippen LogP contribution in [0, 0.1) is 11.8 Å². The molecule has 0 bridgehead atoms. The van der Waals surface area contributed by atoms with Gasteiger partial charge in [-0.05, 0) is 74.7 Å². The summed E-state index contributed by atoms with van der Waals surface area (Å²) >= 11 is 0. The van der Waals surface area contributed by atoms with E-state index < -0.39 is 18.4 Å². The number of hydrogen-bond donors (Lipinski definition) is 1. The molecule has 4 heterocycles. The van der Waals surface area contributed by atoms with Gasteiger partial charge in [0.2, 0.25) is 5.91 Å². The predicted octanol–water partition coefficient (Wildman–Crippen LogP) is 3.12. The summed E-state index contributed by atoms with van der Waals surface area (Å²) in [4.78, 5) is 27.6. The molecule has 3 amide bonds. The molecule has 32 heavy (non-hydrogen) atoms. The number of rotatable bonds is 5. The fourth-order valence-electron chi connectivity index (χ4n) is 5.39. The van der Waals surface area contributed by atoms with Crippen LogP contribution in [-0.2, 0) is 11.2 Å². The Morgan fingerprint density at radius 3 is 2.53 bits per heavy atom. The van der Waals surface area contributed by atoms with Crippen molar-refractivity contribution in [3.05, 3.63) is 30.1 Å². The van der Waals surface area contributed by atoms with E-state index in [1.165, 1.54) is 5.56 Å². The van der Waals surface area contributed by atoms with E-state index in [4.69, 9.17) is 0 Å². The lowest BCUT2D eigenvalue weighted by molar-refractivity contribution is -0.120. The highest BCUT2D eigenvalue weighted by Crippen LogP contribution is 2.33. The van der Waals surface area contributed by atoms with Crippen LogP contribution in [0.3, 0.4) is 0 Å². The van der Waals surface area contributed by atoms with Gasteiger partial charge in [-0.2, -0.15) is 5.10 Å². The van der Waals surface area contributed by atoms with Gasteiger partial charge in [0.25, 0.3) is 0 Å². The Hall–Kier alpha value is -2.55. The van der Waals surface area contributed by atoms with E-state index in [0.717, 1.165) is 44.4 Å². The van der Waals surface area contributed by atoms with Crippen LogP contribution in [0.1, 0.15) is 37.7 Å². The predicted molar refractivity (Wildman–Crippen MR) is 116 cm³/mol. The summed E-state index contributed by atoms with van der Waals surface area (Å²) in [5, 5.41) is 6.72. The number of pyridine rings is 1. The minimum absolute atomic E-state index is 0.140. The number of likely N-dealkylation sites (tertiary alicyclic amines) is 1. The molecule has 3 atom stereocenters. The van der Waals surface area contributed by atoms with Crippen LogP contribution in [0.15, 0.2) is 24.5 Å². The normalized spacial score (nSPS) is 27.9. The Balaban J connectivity index is 1.20. The molecular formula is C23H29F2N5O2. The van der Waals surface area contributed by atoms with Gasteiger partial charge >= 0.3 is 6.03 Å².